The molecule has 4 saturated heterocycles. The number of aryl methyl sites for hydroxylation is 8. The molecule has 0 saturated carbocycles. The summed E-state index contributed by atoms with van der Waals surface area (Å²) in [7, 11) is -13.2. The van der Waals surface area contributed by atoms with E-state index in [1.54, 1.807) is 68.1 Å². The predicted octanol–water partition coefficient (Wildman–Crippen LogP) is 27.0. The monoisotopic (exact) mass is 2110 g/mol. The number of hydrogen-bond donors (Lipinski definition) is 4. The highest BCUT2D eigenvalue weighted by molar-refractivity contribution is 7.70. The number of benzene rings is 8. The van der Waals surface area contributed by atoms with Crippen molar-refractivity contribution in [1.82, 2.24) is 0 Å². The van der Waals surface area contributed by atoms with E-state index in [4.69, 9.17) is 60.2 Å². The lowest BCUT2D eigenvalue weighted by Gasteiger charge is -2.37. The van der Waals surface area contributed by atoms with E-state index in [1.165, 1.54) is 52.5 Å². The summed E-state index contributed by atoms with van der Waals surface area (Å²) in [5.74, 6) is -3.38. The van der Waals surface area contributed by atoms with E-state index >= 15 is 0 Å². The Morgan fingerprint density at radius 1 is 0.319 bits per heavy atom. The van der Waals surface area contributed by atoms with Crippen molar-refractivity contribution >= 4 is 166 Å². The van der Waals surface area contributed by atoms with Crippen molar-refractivity contribution in [3.63, 3.8) is 0 Å². The Balaban J connectivity index is 0.000000158. The summed E-state index contributed by atoms with van der Waals surface area (Å²) in [6.45, 7) is 28.6. The predicted molar refractivity (Wildman–Crippen MR) is 575 cm³/mol. The topological polar surface area (TPSA) is 304 Å². The number of hydrogen-bond acceptors (Lipinski definition) is 20. The molecule has 4 unspecified atom stereocenters. The third kappa shape index (κ3) is 26.9. The maximum absolute atomic E-state index is 15.0. The molecule has 0 bridgehead atoms. The Kier molecular flexibility index (Phi) is 38.7. The summed E-state index contributed by atoms with van der Waals surface area (Å²) in [6.07, 6.45) is 6.52. The average Bonchev–Trinajstić information content (AvgIpc) is 1.65. The molecule has 750 valence electrons. The zero-order valence-electron chi connectivity index (χ0n) is 81.5. The van der Waals surface area contributed by atoms with Crippen LogP contribution >= 0.6 is 98.6 Å². The number of halogens is 2. The van der Waals surface area contributed by atoms with Crippen LogP contribution in [0.25, 0.3) is 41.8 Å². The van der Waals surface area contributed by atoms with Crippen LogP contribution in [0.3, 0.4) is 0 Å². The molecule has 12 aromatic rings. The first kappa shape index (κ1) is 109. The van der Waals surface area contributed by atoms with Gasteiger partial charge in [-0.25, -0.2) is 19.2 Å². The average molecular weight is 2110 g/mol. The van der Waals surface area contributed by atoms with Crippen molar-refractivity contribution in [2.45, 2.75) is 128 Å². The van der Waals surface area contributed by atoms with Crippen LogP contribution in [0.1, 0.15) is 155 Å². The minimum absolute atomic E-state index is 0.136. The van der Waals surface area contributed by atoms with Crippen molar-refractivity contribution in [1.29, 1.82) is 0 Å². The molecule has 0 aliphatic carbocycles. The molecule has 0 radical (unpaired) electrons. The third-order valence-electron chi connectivity index (χ3n) is 25.2. The van der Waals surface area contributed by atoms with E-state index in [-0.39, 0.29) is 63.0 Å². The van der Waals surface area contributed by atoms with Gasteiger partial charge in [-0.1, -0.05) is 178 Å². The van der Waals surface area contributed by atoms with Gasteiger partial charge in [-0.3, -0.25) is 36.9 Å². The zero-order valence-corrected chi connectivity index (χ0v) is 89.8. The van der Waals surface area contributed by atoms with E-state index < -0.39 is 54.0 Å². The molecule has 141 heavy (non-hydrogen) atoms. The Bertz CT molecular complexity index is 6280. The fourth-order valence-corrected chi connectivity index (χ4v) is 31.7. The number of rotatable bonds is 35. The summed E-state index contributed by atoms with van der Waals surface area (Å²) >= 11 is 17.1. The van der Waals surface area contributed by atoms with Gasteiger partial charge in [0.15, 0.2) is 0 Å². The first-order valence-corrected chi connectivity index (χ1v) is 57.7. The normalized spacial score (nSPS) is 16.1. The van der Waals surface area contributed by atoms with E-state index in [1.807, 2.05) is 233 Å². The van der Waals surface area contributed by atoms with Crippen LogP contribution in [0.15, 0.2) is 206 Å². The van der Waals surface area contributed by atoms with Crippen molar-refractivity contribution in [2.24, 2.45) is 23.7 Å². The van der Waals surface area contributed by atoms with Gasteiger partial charge in [-0.05, 0) is 270 Å². The standard InChI is InChI=1S/C28H34NO5PS.C27H32NO5PS.2C26H29ClNO5PS/c1-5-34-35(32,25-11-8-20(3)16-21(25)4)29(18-22-12-14-33-15-13-22)24-17-26(36-27(24)28(30)31)23-9-6-19(2)7-10-23;1-4-33-34(31,23-11-7-20(3)8-12-23)28(18-21-13-15-32-16-14-21)24-17-25(35-26(24)27(29)30)22-9-5-19(2)6-10-22;1-17-4-6-20(7-5-17)24-15-22(25(35-24)26(29)30)28(16-19-10-12-33-13-11-19)34(31,32-3)23-9-8-21(27)14-18(23)2;1-3-33-34(31,22-10-8-21(27)9-11-22)28(17-19-12-14-32-15-13-19)23-16-24(35-25(23)26(29)30)20-6-4-18(2)5-7-20/h6-11,16-17,22H,5,12-15,18H2,1-4H3,(H,30,31);5-12,17,21H,4,13-16,18H2,1-3H3,(H,29,30);4-9,14-15,19H,10-13,16H2,1-3H3,(H,29,30);4-11,16,19H,3,12-15,17H2,1-2H3,(H,29,30). The zero-order chi connectivity index (χ0) is 101. The molecule has 4 aromatic heterocycles. The lowest BCUT2D eigenvalue weighted by molar-refractivity contribution is 0.0682. The molecule has 4 fully saturated rings. The summed E-state index contributed by atoms with van der Waals surface area (Å²) in [5.41, 5.74) is 13.6. The van der Waals surface area contributed by atoms with Gasteiger partial charge in [-0.2, -0.15) is 0 Å². The largest absolute Gasteiger partial charge is 0.477 e. The minimum atomic E-state index is -3.68. The fourth-order valence-electron chi connectivity index (χ4n) is 17.5. The second-order valence-corrected chi connectivity index (χ2v) is 49.9. The number of thiophene rings is 4. The van der Waals surface area contributed by atoms with Gasteiger partial charge >= 0.3 is 54.0 Å². The van der Waals surface area contributed by atoms with E-state index in [9.17, 15) is 57.9 Å². The lowest BCUT2D eigenvalue weighted by atomic mass is 10.0. The summed E-state index contributed by atoms with van der Waals surface area (Å²) in [4.78, 5) is 53.5. The summed E-state index contributed by atoms with van der Waals surface area (Å²) in [5, 5.41) is 43.9. The molecule has 4 atom stereocenters. The van der Waals surface area contributed by atoms with Crippen LogP contribution in [0.5, 0.6) is 0 Å². The van der Waals surface area contributed by atoms with Gasteiger partial charge in [0.25, 0.3) is 0 Å². The highest BCUT2D eigenvalue weighted by Crippen LogP contribution is 2.61. The van der Waals surface area contributed by atoms with Crippen LogP contribution in [0.2, 0.25) is 10.0 Å². The number of carboxylic acids is 4. The Hall–Kier alpha value is -9.18. The fraction of sp³-hybridized carbons (Fsp3) is 0.364. The smallest absolute Gasteiger partial charge is 0.348 e. The molecule has 24 nitrogen and oxygen atoms in total. The quantitative estimate of drug-likeness (QED) is 0.0268. The van der Waals surface area contributed by atoms with Gasteiger partial charge in [-0.15, -0.1) is 45.3 Å². The Labute approximate surface area is 852 Å². The van der Waals surface area contributed by atoms with Crippen LogP contribution in [0.4, 0.5) is 22.7 Å². The maximum Gasteiger partial charge on any atom is 0.348 e. The Morgan fingerprint density at radius 3 is 0.823 bits per heavy atom. The molecular weight excluding hydrogens is 1980 g/mol. The van der Waals surface area contributed by atoms with Gasteiger partial charge in [0, 0.05) is 116 Å². The van der Waals surface area contributed by atoms with E-state index in [0.717, 1.165) is 138 Å². The number of anilines is 4. The van der Waals surface area contributed by atoms with Crippen LogP contribution in [0, 0.1) is 79.1 Å². The van der Waals surface area contributed by atoms with Crippen LogP contribution in [-0.4, -0.2) is 150 Å². The SMILES string of the molecule is CCOP(=O)(c1ccc(C)cc1)N(CC1CCOCC1)c1cc(-c2ccc(C)cc2)sc1C(=O)O.CCOP(=O)(c1ccc(C)cc1C)N(CC1CCOCC1)c1cc(-c2ccc(C)cc2)sc1C(=O)O.CCOP(=O)(c1ccc(Cl)cc1)N(CC1CCOCC1)c1cc(-c2ccc(C)cc2)sc1C(=O)O.COP(=O)(c1ccc(Cl)cc1C)N(CC1CCOCC1)c1cc(-c2ccc(C)cc2)sc1C(=O)O. The number of carboxylic acid groups (broad SMARTS) is 4. The van der Waals surface area contributed by atoms with Gasteiger partial charge in [0.2, 0.25) is 0 Å². The Morgan fingerprint density at radius 2 is 0.553 bits per heavy atom. The molecule has 8 aromatic carbocycles. The number of nitrogens with zero attached hydrogens (tertiary/aromatic N) is 4. The van der Waals surface area contributed by atoms with Gasteiger partial charge in [0.05, 0.1) is 63.8 Å². The highest BCUT2D eigenvalue weighted by atomic mass is 35.5. The molecule has 16 rings (SSSR count). The lowest BCUT2D eigenvalue weighted by Crippen LogP contribution is -2.35. The second-order valence-electron chi connectivity index (χ2n) is 35.6. The highest BCUT2D eigenvalue weighted by Gasteiger charge is 2.45. The van der Waals surface area contributed by atoms with Crippen molar-refractivity contribution in [3.8, 4) is 41.8 Å². The summed E-state index contributed by atoms with van der Waals surface area (Å²) < 4.78 is 112. The van der Waals surface area contributed by atoms with Crippen molar-refractivity contribution in [3.05, 3.63) is 280 Å². The van der Waals surface area contributed by atoms with Crippen LogP contribution in [-0.2, 0) is 55.3 Å². The van der Waals surface area contributed by atoms with Crippen molar-refractivity contribution < 1.29 is 94.9 Å². The number of ether oxygens (including phenoxy) is 4. The minimum Gasteiger partial charge on any atom is -0.477 e. The molecule has 4 N–H and O–H groups in total. The maximum atomic E-state index is 15.0. The molecule has 8 heterocycles. The molecule has 4 aliphatic heterocycles. The third-order valence-corrected chi connectivity index (χ3v) is 40.9. The molecule has 34 heteroatoms. The first-order valence-electron chi connectivity index (χ1n) is 47.4. The van der Waals surface area contributed by atoms with Crippen LogP contribution < -0.4 is 39.9 Å². The second kappa shape index (κ2) is 50.1. The van der Waals surface area contributed by atoms with Crippen molar-refractivity contribution in [2.75, 3.05) is 125 Å². The summed E-state index contributed by atoms with van der Waals surface area (Å²) in [6, 6.07) is 64.4. The number of carbonyl (C=O) groups is 4. The van der Waals surface area contributed by atoms with E-state index in [0.29, 0.717) is 133 Å². The first-order chi connectivity index (χ1) is 67.6. The molecular formula is C107H124Cl2N4O20P4S4. The molecule has 0 amide bonds. The number of aromatic carboxylic acids is 4. The van der Waals surface area contributed by atoms with Gasteiger partial charge in [0.1, 0.15) is 19.5 Å². The van der Waals surface area contributed by atoms with E-state index in [2.05, 4.69) is 0 Å². The molecule has 4 aliphatic rings. The van der Waals surface area contributed by atoms with Gasteiger partial charge < -0.3 is 57.5 Å². The molecule has 0 spiro atoms.